The lowest BCUT2D eigenvalue weighted by Crippen LogP contribution is -2.49. The van der Waals surface area contributed by atoms with E-state index in [0.29, 0.717) is 45.0 Å². The number of nitrogens with one attached hydrogen (secondary N) is 2. The Morgan fingerprint density at radius 3 is 2.65 bits per heavy atom. The van der Waals surface area contributed by atoms with E-state index in [1.165, 1.54) is 0 Å². The van der Waals surface area contributed by atoms with Crippen molar-refractivity contribution in [2.24, 2.45) is 11.8 Å². The van der Waals surface area contributed by atoms with Crippen LogP contribution in [0.1, 0.15) is 30.3 Å². The van der Waals surface area contributed by atoms with Gasteiger partial charge in [0.05, 0.1) is 11.7 Å². The van der Waals surface area contributed by atoms with Crippen LogP contribution in [0.2, 0.25) is 0 Å². The standard InChI is InChI=1S/C30H35F3N5O2/c1-2-35-30(39)38(18-22-15-34-16-26(22)33)28(21-10-12-40-13-11-21)29-36-27(24-14-23(31)8-9-25(24)32)19-37(29)17-20-6-4-3-5-7-20/h3-9,14,19,21-22,26,28,34H,1-2,10-13,15-18H2,(H,35,39)/t22-,26-,28+/m0/s1. The highest BCUT2D eigenvalue weighted by atomic mass is 19.1. The van der Waals surface area contributed by atoms with Gasteiger partial charge in [0.25, 0.3) is 0 Å². The van der Waals surface area contributed by atoms with Gasteiger partial charge in [-0.25, -0.2) is 22.9 Å². The highest BCUT2D eigenvalue weighted by molar-refractivity contribution is 5.75. The third-order valence-corrected chi connectivity index (χ3v) is 7.75. The molecule has 40 heavy (non-hydrogen) atoms. The van der Waals surface area contributed by atoms with Gasteiger partial charge in [-0.15, -0.1) is 0 Å². The van der Waals surface area contributed by atoms with E-state index in [9.17, 15) is 18.0 Å². The van der Waals surface area contributed by atoms with Gasteiger partial charge in [0, 0.05) is 63.6 Å². The first kappa shape index (κ1) is 28.2. The molecular weight excluding hydrogens is 519 g/mol. The minimum atomic E-state index is -1.09. The Hall–Kier alpha value is -3.37. The summed E-state index contributed by atoms with van der Waals surface area (Å²) in [5.41, 5.74) is 1.29. The minimum Gasteiger partial charge on any atom is -0.381 e. The number of urea groups is 1. The van der Waals surface area contributed by atoms with Crippen molar-refractivity contribution < 1.29 is 22.7 Å². The van der Waals surface area contributed by atoms with E-state index in [1.54, 1.807) is 11.1 Å². The lowest BCUT2D eigenvalue weighted by Gasteiger charge is -2.39. The van der Waals surface area contributed by atoms with E-state index in [-0.39, 0.29) is 42.8 Å². The zero-order valence-electron chi connectivity index (χ0n) is 22.4. The van der Waals surface area contributed by atoms with E-state index < -0.39 is 29.8 Å². The molecule has 0 saturated carbocycles. The average molecular weight is 555 g/mol. The minimum absolute atomic E-state index is 0.0383. The summed E-state index contributed by atoms with van der Waals surface area (Å²) in [7, 11) is 0. The molecule has 2 aliphatic rings. The molecule has 7 nitrogen and oxygen atoms in total. The van der Waals surface area contributed by atoms with Crippen molar-refractivity contribution in [3.8, 4) is 11.3 Å². The van der Waals surface area contributed by atoms with Gasteiger partial charge < -0.3 is 24.8 Å². The van der Waals surface area contributed by atoms with Gasteiger partial charge in [0.2, 0.25) is 0 Å². The second-order valence-electron chi connectivity index (χ2n) is 10.4. The quantitative estimate of drug-likeness (QED) is 0.401. The van der Waals surface area contributed by atoms with Crippen LogP contribution < -0.4 is 10.6 Å². The number of alkyl halides is 1. The molecule has 2 amide bonds. The lowest BCUT2D eigenvalue weighted by atomic mass is 9.89. The molecule has 10 heteroatoms. The van der Waals surface area contributed by atoms with Crippen LogP contribution >= 0.6 is 0 Å². The number of amides is 2. The highest BCUT2D eigenvalue weighted by Gasteiger charge is 2.40. The van der Waals surface area contributed by atoms with Crippen LogP contribution in [0.25, 0.3) is 11.3 Å². The lowest BCUT2D eigenvalue weighted by molar-refractivity contribution is 0.0260. The monoisotopic (exact) mass is 554 g/mol. The van der Waals surface area contributed by atoms with Crippen LogP contribution in [0.3, 0.4) is 0 Å². The van der Waals surface area contributed by atoms with Crippen molar-refractivity contribution in [3.63, 3.8) is 0 Å². The predicted molar refractivity (Wildman–Crippen MR) is 146 cm³/mol. The van der Waals surface area contributed by atoms with Crippen molar-refractivity contribution in [2.75, 3.05) is 39.4 Å². The van der Waals surface area contributed by atoms with Gasteiger partial charge >= 0.3 is 6.03 Å². The maximum atomic E-state index is 14.9. The summed E-state index contributed by atoms with van der Waals surface area (Å²) in [5, 5.41) is 5.88. The maximum absolute atomic E-state index is 14.9. The number of halogens is 3. The van der Waals surface area contributed by atoms with E-state index >= 15 is 0 Å². The molecule has 1 aromatic heterocycles. The number of imidazole rings is 1. The summed E-state index contributed by atoms with van der Waals surface area (Å²) >= 11 is 0. The summed E-state index contributed by atoms with van der Waals surface area (Å²) < 4.78 is 51.5. The van der Waals surface area contributed by atoms with Gasteiger partial charge in [-0.1, -0.05) is 30.3 Å². The molecule has 3 atom stereocenters. The molecule has 213 valence electrons. The number of hydrogen-bond donors (Lipinski definition) is 2. The molecule has 3 heterocycles. The molecular formula is C30H35F3N5O2. The van der Waals surface area contributed by atoms with Crippen molar-refractivity contribution in [3.05, 3.63) is 84.7 Å². The number of hydrogen-bond acceptors (Lipinski definition) is 4. The molecule has 2 aromatic carbocycles. The first-order valence-corrected chi connectivity index (χ1v) is 13.8. The second-order valence-corrected chi connectivity index (χ2v) is 10.4. The summed E-state index contributed by atoms with van der Waals surface area (Å²) in [6.07, 6.45) is 1.95. The molecule has 0 aliphatic carbocycles. The fraction of sp³-hybridized carbons (Fsp3) is 0.433. The molecule has 3 aromatic rings. The van der Waals surface area contributed by atoms with E-state index in [2.05, 4.69) is 17.6 Å². The number of benzene rings is 2. The molecule has 0 unspecified atom stereocenters. The van der Waals surface area contributed by atoms with Gasteiger partial charge in [-0.3, -0.25) is 0 Å². The zero-order chi connectivity index (χ0) is 28.1. The maximum Gasteiger partial charge on any atom is 0.318 e. The van der Waals surface area contributed by atoms with Crippen LogP contribution in [0.15, 0.2) is 54.7 Å². The number of carbonyl (C=O) groups is 1. The molecule has 2 aliphatic heterocycles. The Bertz CT molecular complexity index is 1280. The number of ether oxygens (including phenoxy) is 1. The van der Waals surface area contributed by atoms with Gasteiger partial charge in [-0.05, 0) is 49.4 Å². The van der Waals surface area contributed by atoms with Gasteiger partial charge in [-0.2, -0.15) is 0 Å². The Kier molecular flexibility index (Phi) is 9.06. The SMILES string of the molecule is [CH2]CNC(=O)N(C[C@@H]1CNC[C@@H]1F)[C@@H](c1nc(-c2cc(F)ccc2F)cn1Cc1ccccc1)C1CCOCC1. The van der Waals surface area contributed by atoms with E-state index in [1.807, 2.05) is 34.9 Å². The summed E-state index contributed by atoms with van der Waals surface area (Å²) in [5.74, 6) is -1.07. The topological polar surface area (TPSA) is 71.4 Å². The number of rotatable bonds is 9. The number of carbonyl (C=O) groups excluding carboxylic acids is 1. The first-order chi connectivity index (χ1) is 19.4. The fourth-order valence-electron chi connectivity index (χ4n) is 5.70. The average Bonchev–Trinajstić information content (AvgIpc) is 3.56. The Balaban J connectivity index is 1.64. The Labute approximate surface area is 232 Å². The fourth-order valence-corrected chi connectivity index (χ4v) is 5.70. The van der Waals surface area contributed by atoms with Gasteiger partial charge in [0.15, 0.2) is 0 Å². The second kappa shape index (κ2) is 12.9. The van der Waals surface area contributed by atoms with Crippen LogP contribution in [0.5, 0.6) is 0 Å². The van der Waals surface area contributed by atoms with Gasteiger partial charge in [0.1, 0.15) is 23.6 Å². The highest BCUT2D eigenvalue weighted by Crippen LogP contribution is 2.38. The molecule has 0 bridgehead atoms. The van der Waals surface area contributed by atoms with Crippen molar-refractivity contribution >= 4 is 6.03 Å². The smallest absolute Gasteiger partial charge is 0.318 e. The molecule has 5 rings (SSSR count). The van der Waals surface area contributed by atoms with E-state index in [4.69, 9.17) is 9.72 Å². The molecule has 1 radical (unpaired) electrons. The zero-order valence-corrected chi connectivity index (χ0v) is 22.4. The largest absolute Gasteiger partial charge is 0.381 e. The van der Waals surface area contributed by atoms with Crippen molar-refractivity contribution in [1.29, 1.82) is 0 Å². The van der Waals surface area contributed by atoms with Crippen molar-refractivity contribution in [2.45, 2.75) is 31.6 Å². The van der Waals surface area contributed by atoms with Crippen LogP contribution in [-0.4, -0.2) is 66.0 Å². The number of nitrogens with zero attached hydrogens (tertiary/aromatic N) is 3. The van der Waals surface area contributed by atoms with Crippen LogP contribution in [0, 0.1) is 30.4 Å². The normalized spacial score (nSPS) is 20.4. The Morgan fingerprint density at radius 2 is 1.95 bits per heavy atom. The number of aromatic nitrogens is 2. The van der Waals surface area contributed by atoms with Crippen LogP contribution in [-0.2, 0) is 11.3 Å². The summed E-state index contributed by atoms with van der Waals surface area (Å²) in [6, 6.07) is 12.1. The van der Waals surface area contributed by atoms with E-state index in [0.717, 1.165) is 23.8 Å². The van der Waals surface area contributed by atoms with Crippen molar-refractivity contribution in [1.82, 2.24) is 25.1 Å². The third kappa shape index (κ3) is 6.33. The molecule has 2 N–H and O–H groups in total. The molecule has 2 fully saturated rings. The third-order valence-electron chi connectivity index (χ3n) is 7.75. The molecule has 0 spiro atoms. The Morgan fingerprint density at radius 1 is 1.18 bits per heavy atom. The van der Waals surface area contributed by atoms with Crippen LogP contribution in [0.4, 0.5) is 18.0 Å². The molecule has 2 saturated heterocycles. The predicted octanol–water partition coefficient (Wildman–Crippen LogP) is 4.75. The first-order valence-electron chi connectivity index (χ1n) is 13.8. The summed E-state index contributed by atoms with van der Waals surface area (Å²) in [6.45, 7) is 6.24. The summed E-state index contributed by atoms with van der Waals surface area (Å²) in [4.78, 5) is 20.1.